The number of hydrogen-bond donors (Lipinski definition) is 1. The third-order valence-corrected chi connectivity index (χ3v) is 9.88. The summed E-state index contributed by atoms with van der Waals surface area (Å²) in [6.07, 6.45) is 0.163. The molecule has 0 aromatic heterocycles. The molecule has 0 saturated heterocycles. The van der Waals surface area contributed by atoms with Crippen LogP contribution in [0.2, 0.25) is 15.1 Å². The van der Waals surface area contributed by atoms with Gasteiger partial charge in [0, 0.05) is 35.1 Å². The van der Waals surface area contributed by atoms with Gasteiger partial charge in [0.15, 0.2) is 0 Å². The van der Waals surface area contributed by atoms with Crippen molar-refractivity contribution in [1.82, 2.24) is 10.2 Å². The Hall–Kier alpha value is -3.56. The van der Waals surface area contributed by atoms with Gasteiger partial charge in [-0.05, 0) is 47.9 Å². The zero-order chi connectivity index (χ0) is 32.6. The highest BCUT2D eigenvalue weighted by Crippen LogP contribution is 2.32. The summed E-state index contributed by atoms with van der Waals surface area (Å²) in [6.45, 7) is 3.52. The molecule has 0 aliphatic heterocycles. The lowest BCUT2D eigenvalue weighted by Gasteiger charge is -2.34. The normalized spacial score (nSPS) is 12.0. The van der Waals surface area contributed by atoms with E-state index in [-0.39, 0.29) is 40.4 Å². The average Bonchev–Trinajstić information content (AvgIpc) is 3.02. The van der Waals surface area contributed by atoms with Crippen molar-refractivity contribution in [3.63, 3.8) is 0 Å². The first-order chi connectivity index (χ1) is 21.5. The van der Waals surface area contributed by atoms with Crippen LogP contribution < -0.4 is 9.62 Å². The molecule has 0 fully saturated rings. The van der Waals surface area contributed by atoms with E-state index in [1.165, 1.54) is 23.1 Å². The van der Waals surface area contributed by atoms with E-state index >= 15 is 0 Å². The van der Waals surface area contributed by atoms with E-state index in [1.54, 1.807) is 54.6 Å². The minimum atomic E-state index is -4.27. The monoisotopic (exact) mass is 685 g/mol. The van der Waals surface area contributed by atoms with Gasteiger partial charge in [0.1, 0.15) is 12.6 Å². The fourth-order valence-corrected chi connectivity index (χ4v) is 6.98. The molecule has 4 aromatic rings. The van der Waals surface area contributed by atoms with Gasteiger partial charge in [-0.15, -0.1) is 0 Å². The summed E-state index contributed by atoms with van der Waals surface area (Å²) in [5.41, 5.74) is 1.36. The van der Waals surface area contributed by atoms with Gasteiger partial charge in [0.25, 0.3) is 10.0 Å². The molecule has 0 bridgehead atoms. The maximum atomic E-state index is 14.5. The van der Waals surface area contributed by atoms with Crippen molar-refractivity contribution in [2.24, 2.45) is 5.92 Å². The van der Waals surface area contributed by atoms with Crippen LogP contribution in [0.1, 0.15) is 25.0 Å². The van der Waals surface area contributed by atoms with Gasteiger partial charge in [0.2, 0.25) is 11.8 Å². The first-order valence-corrected chi connectivity index (χ1v) is 16.9. The van der Waals surface area contributed by atoms with Crippen LogP contribution in [0.5, 0.6) is 0 Å². The Labute approximate surface area is 279 Å². The summed E-state index contributed by atoms with van der Waals surface area (Å²) in [4.78, 5) is 29.7. The molecule has 45 heavy (non-hydrogen) atoms. The topological polar surface area (TPSA) is 86.8 Å². The van der Waals surface area contributed by atoms with Gasteiger partial charge in [-0.1, -0.05) is 115 Å². The lowest BCUT2D eigenvalue weighted by molar-refractivity contribution is -0.140. The zero-order valence-corrected chi connectivity index (χ0v) is 28.0. The van der Waals surface area contributed by atoms with Gasteiger partial charge < -0.3 is 10.2 Å². The number of carbonyl (C=O) groups is 2. The van der Waals surface area contributed by atoms with E-state index in [4.69, 9.17) is 34.8 Å². The Morgan fingerprint density at radius 2 is 1.31 bits per heavy atom. The minimum Gasteiger partial charge on any atom is -0.354 e. The van der Waals surface area contributed by atoms with E-state index < -0.39 is 28.5 Å². The van der Waals surface area contributed by atoms with Crippen LogP contribution in [0.4, 0.5) is 5.69 Å². The van der Waals surface area contributed by atoms with Crippen LogP contribution in [0.25, 0.3) is 0 Å². The number of amides is 2. The molecule has 0 unspecified atom stereocenters. The maximum absolute atomic E-state index is 14.5. The maximum Gasteiger partial charge on any atom is 0.264 e. The molecule has 0 aliphatic rings. The first kappa shape index (κ1) is 34.3. The van der Waals surface area contributed by atoms with Crippen molar-refractivity contribution in [2.75, 3.05) is 17.4 Å². The van der Waals surface area contributed by atoms with Crippen molar-refractivity contribution in [2.45, 2.75) is 37.8 Å². The molecule has 0 saturated carbocycles. The third kappa shape index (κ3) is 8.79. The summed E-state index contributed by atoms with van der Waals surface area (Å²) in [6, 6.07) is 27.4. The third-order valence-electron chi connectivity index (χ3n) is 7.08. The second-order valence-corrected chi connectivity index (χ2v) is 13.9. The average molecular weight is 687 g/mol. The summed E-state index contributed by atoms with van der Waals surface area (Å²) >= 11 is 19.6. The number of benzene rings is 4. The molecule has 0 heterocycles. The number of hydrogen-bond acceptors (Lipinski definition) is 4. The molecule has 2 amide bonds. The Morgan fingerprint density at radius 1 is 0.756 bits per heavy atom. The summed E-state index contributed by atoms with van der Waals surface area (Å²) < 4.78 is 29.1. The minimum absolute atomic E-state index is 0.0195. The molecule has 1 N–H and O–H groups in total. The summed E-state index contributed by atoms with van der Waals surface area (Å²) in [5.74, 6) is -0.884. The number of rotatable bonds is 13. The van der Waals surface area contributed by atoms with E-state index in [2.05, 4.69) is 5.32 Å². The molecule has 4 rings (SSSR count). The summed E-state index contributed by atoms with van der Waals surface area (Å²) in [7, 11) is -4.27. The summed E-state index contributed by atoms with van der Waals surface area (Å²) in [5, 5.41) is 3.70. The van der Waals surface area contributed by atoms with Gasteiger partial charge >= 0.3 is 0 Å². The van der Waals surface area contributed by atoms with Crippen LogP contribution in [-0.4, -0.2) is 44.3 Å². The largest absolute Gasteiger partial charge is 0.354 e. The van der Waals surface area contributed by atoms with Crippen molar-refractivity contribution in [1.29, 1.82) is 0 Å². The Kier molecular flexibility index (Phi) is 11.9. The quantitative estimate of drug-likeness (QED) is 0.161. The molecule has 11 heteroatoms. The number of nitrogens with one attached hydrogen (secondary N) is 1. The van der Waals surface area contributed by atoms with Crippen molar-refractivity contribution in [3.05, 3.63) is 129 Å². The van der Waals surface area contributed by atoms with E-state index in [9.17, 15) is 18.0 Å². The molecule has 4 aromatic carbocycles. The number of anilines is 1. The highest BCUT2D eigenvalue weighted by molar-refractivity contribution is 7.92. The second kappa shape index (κ2) is 15.6. The molecular formula is C34H34Cl3N3O4S. The highest BCUT2D eigenvalue weighted by atomic mass is 35.5. The molecule has 1 atom stereocenters. The number of nitrogens with zero attached hydrogens (tertiary/aromatic N) is 2. The standard InChI is InChI=1S/C34H34Cl3N3O4S/c1-24(2)21-38-34(42)32(20-25-12-5-3-6-13-25)39(22-27-28(35)17-11-18-29(27)36)33(41)23-40(31-19-10-9-16-30(31)37)45(43,44)26-14-7-4-8-15-26/h3-19,24,32H,20-23H2,1-2H3,(H,38,42)/t32-/m0/s1. The van der Waals surface area contributed by atoms with Gasteiger partial charge in [-0.25, -0.2) is 8.42 Å². The predicted molar refractivity (Wildman–Crippen MR) is 181 cm³/mol. The number of halogens is 3. The smallest absolute Gasteiger partial charge is 0.264 e. The highest BCUT2D eigenvalue weighted by Gasteiger charge is 2.35. The van der Waals surface area contributed by atoms with Crippen LogP contribution in [-0.2, 0) is 32.6 Å². The lowest BCUT2D eigenvalue weighted by Crippen LogP contribution is -2.53. The fourth-order valence-electron chi connectivity index (χ4n) is 4.72. The molecule has 236 valence electrons. The molecule has 0 radical (unpaired) electrons. The van der Waals surface area contributed by atoms with Crippen LogP contribution in [0.3, 0.4) is 0 Å². The Balaban J connectivity index is 1.84. The number of sulfonamides is 1. The Bertz CT molecular complexity index is 1700. The molecule has 0 aliphatic carbocycles. The SMILES string of the molecule is CC(C)CNC(=O)[C@H](Cc1ccccc1)N(Cc1c(Cl)cccc1Cl)C(=O)CN(c1ccccc1Cl)S(=O)(=O)c1ccccc1. The van der Waals surface area contributed by atoms with E-state index in [1.807, 2.05) is 44.2 Å². The zero-order valence-electron chi connectivity index (χ0n) is 24.9. The van der Waals surface area contributed by atoms with Crippen LogP contribution in [0.15, 0.2) is 108 Å². The second-order valence-electron chi connectivity index (χ2n) is 10.8. The number of carbonyl (C=O) groups excluding carboxylic acids is 2. The first-order valence-electron chi connectivity index (χ1n) is 14.3. The molecule has 0 spiro atoms. The van der Waals surface area contributed by atoms with Gasteiger partial charge in [-0.2, -0.15) is 0 Å². The van der Waals surface area contributed by atoms with Gasteiger partial charge in [-0.3, -0.25) is 13.9 Å². The molecule has 7 nitrogen and oxygen atoms in total. The van der Waals surface area contributed by atoms with Crippen LogP contribution in [0, 0.1) is 5.92 Å². The Morgan fingerprint density at radius 3 is 1.91 bits per heavy atom. The van der Waals surface area contributed by atoms with Crippen LogP contribution >= 0.6 is 34.8 Å². The van der Waals surface area contributed by atoms with Crippen molar-refractivity contribution >= 4 is 62.3 Å². The predicted octanol–water partition coefficient (Wildman–Crippen LogP) is 7.25. The number of para-hydroxylation sites is 1. The van der Waals surface area contributed by atoms with E-state index in [0.29, 0.717) is 22.2 Å². The van der Waals surface area contributed by atoms with Gasteiger partial charge in [0.05, 0.1) is 15.6 Å². The van der Waals surface area contributed by atoms with Crippen molar-refractivity contribution in [3.8, 4) is 0 Å². The molecular weight excluding hydrogens is 653 g/mol. The lowest BCUT2D eigenvalue weighted by atomic mass is 10.0. The fraction of sp³-hybridized carbons (Fsp3) is 0.235. The van der Waals surface area contributed by atoms with Crippen molar-refractivity contribution < 1.29 is 18.0 Å². The van der Waals surface area contributed by atoms with E-state index in [0.717, 1.165) is 9.87 Å².